The summed E-state index contributed by atoms with van der Waals surface area (Å²) in [6.07, 6.45) is -2.92. The minimum atomic E-state index is -4.40. The summed E-state index contributed by atoms with van der Waals surface area (Å²) in [5, 5.41) is 5.81. The van der Waals surface area contributed by atoms with Crippen molar-refractivity contribution in [2.24, 2.45) is 5.92 Å². The van der Waals surface area contributed by atoms with Crippen molar-refractivity contribution in [2.45, 2.75) is 19.0 Å². The molecule has 9 heteroatoms. The zero-order valence-corrected chi connectivity index (χ0v) is 12.9. The van der Waals surface area contributed by atoms with Gasteiger partial charge in [0.25, 0.3) is 0 Å². The molecule has 0 bridgehead atoms. The highest BCUT2D eigenvalue weighted by Gasteiger charge is 2.30. The molecule has 1 saturated heterocycles. The van der Waals surface area contributed by atoms with Crippen LogP contribution in [0.2, 0.25) is 0 Å². The van der Waals surface area contributed by atoms with Crippen molar-refractivity contribution in [3.05, 3.63) is 23.8 Å². The Kier molecular flexibility index (Phi) is 5.16. The molecule has 1 aliphatic rings. The van der Waals surface area contributed by atoms with E-state index in [0.29, 0.717) is 5.52 Å². The molecule has 3 rings (SSSR count). The van der Waals surface area contributed by atoms with Crippen LogP contribution in [-0.4, -0.2) is 29.0 Å². The first-order valence-corrected chi connectivity index (χ1v) is 7.02. The topological polar surface area (TPSA) is 69.8 Å². The van der Waals surface area contributed by atoms with Crippen molar-refractivity contribution >= 4 is 35.3 Å². The molecule has 0 aliphatic carbocycles. The number of nitrogens with one attached hydrogen (secondary N) is 3. The van der Waals surface area contributed by atoms with Gasteiger partial charge < -0.3 is 10.3 Å². The summed E-state index contributed by atoms with van der Waals surface area (Å²) in [7, 11) is 0. The number of carbonyl (C=O) groups excluding carboxylic acids is 1. The fraction of sp³-hybridized carbons (Fsp3) is 0.429. The number of alkyl halides is 3. The second kappa shape index (κ2) is 6.76. The van der Waals surface area contributed by atoms with E-state index in [-0.39, 0.29) is 35.7 Å². The molecular weight excluding hydrogens is 333 g/mol. The predicted octanol–water partition coefficient (Wildman–Crippen LogP) is 2.94. The van der Waals surface area contributed by atoms with Crippen LogP contribution >= 0.6 is 12.4 Å². The van der Waals surface area contributed by atoms with Gasteiger partial charge in [0.2, 0.25) is 11.9 Å². The van der Waals surface area contributed by atoms with Gasteiger partial charge >= 0.3 is 6.18 Å². The summed E-state index contributed by atoms with van der Waals surface area (Å²) in [4.78, 5) is 18.9. The van der Waals surface area contributed by atoms with Crippen LogP contribution in [-0.2, 0) is 11.0 Å². The number of nitrogens with zero attached hydrogens (tertiary/aromatic N) is 1. The summed E-state index contributed by atoms with van der Waals surface area (Å²) in [5.41, 5.74) is -0.121. The monoisotopic (exact) mass is 348 g/mol. The minimum absolute atomic E-state index is 0. The highest BCUT2D eigenvalue weighted by molar-refractivity contribution is 5.92. The van der Waals surface area contributed by atoms with Gasteiger partial charge in [0.1, 0.15) is 0 Å². The Morgan fingerprint density at radius 1 is 1.26 bits per heavy atom. The molecular formula is C14H16ClF3N4O. The number of benzene rings is 1. The van der Waals surface area contributed by atoms with Crippen LogP contribution in [0.15, 0.2) is 18.2 Å². The highest BCUT2D eigenvalue weighted by Crippen LogP contribution is 2.31. The first-order chi connectivity index (χ1) is 10.4. The third-order valence-corrected chi connectivity index (χ3v) is 3.76. The minimum Gasteiger partial charge on any atom is -0.324 e. The summed E-state index contributed by atoms with van der Waals surface area (Å²) in [5.74, 6) is -0.0744. The Morgan fingerprint density at radius 3 is 2.61 bits per heavy atom. The van der Waals surface area contributed by atoms with E-state index in [9.17, 15) is 18.0 Å². The van der Waals surface area contributed by atoms with E-state index in [1.165, 1.54) is 6.07 Å². The fourth-order valence-electron chi connectivity index (χ4n) is 2.55. The number of piperidine rings is 1. The van der Waals surface area contributed by atoms with Crippen LogP contribution in [0.4, 0.5) is 19.1 Å². The van der Waals surface area contributed by atoms with E-state index >= 15 is 0 Å². The van der Waals surface area contributed by atoms with Crippen molar-refractivity contribution in [3.8, 4) is 0 Å². The number of fused-ring (bicyclic) bond motifs is 1. The number of hydrogen-bond acceptors (Lipinski definition) is 3. The SMILES string of the molecule is Cl.O=C(Nc1nc2ccc(C(F)(F)F)cc2[nH]1)C1CCNCC1. The van der Waals surface area contributed by atoms with E-state index in [2.05, 4.69) is 20.6 Å². The molecule has 1 amide bonds. The number of hydrogen-bond donors (Lipinski definition) is 3. The predicted molar refractivity (Wildman–Crippen MR) is 82.6 cm³/mol. The summed E-state index contributed by atoms with van der Waals surface area (Å²) >= 11 is 0. The molecule has 2 aromatic rings. The lowest BCUT2D eigenvalue weighted by molar-refractivity contribution is -0.137. The largest absolute Gasteiger partial charge is 0.416 e. The number of imidazole rings is 1. The quantitative estimate of drug-likeness (QED) is 0.781. The molecule has 1 aromatic carbocycles. The van der Waals surface area contributed by atoms with Gasteiger partial charge in [0.05, 0.1) is 16.6 Å². The van der Waals surface area contributed by atoms with Crippen LogP contribution in [0.25, 0.3) is 11.0 Å². The molecule has 1 aromatic heterocycles. The number of H-pyrrole nitrogens is 1. The molecule has 2 heterocycles. The lowest BCUT2D eigenvalue weighted by Crippen LogP contribution is -2.34. The number of anilines is 1. The maximum Gasteiger partial charge on any atom is 0.416 e. The van der Waals surface area contributed by atoms with Crippen LogP contribution in [0.3, 0.4) is 0 Å². The lowest BCUT2D eigenvalue weighted by Gasteiger charge is -2.20. The summed E-state index contributed by atoms with van der Waals surface area (Å²) in [6, 6.07) is 3.25. The van der Waals surface area contributed by atoms with Gasteiger partial charge in [0.15, 0.2) is 0 Å². The summed E-state index contributed by atoms with van der Waals surface area (Å²) < 4.78 is 38.0. The van der Waals surface area contributed by atoms with E-state index in [1.54, 1.807) is 0 Å². The first-order valence-electron chi connectivity index (χ1n) is 7.02. The van der Waals surface area contributed by atoms with E-state index < -0.39 is 11.7 Å². The van der Waals surface area contributed by atoms with Gasteiger partial charge in [0, 0.05) is 5.92 Å². The molecule has 0 spiro atoms. The Labute approximate surface area is 136 Å². The first kappa shape index (κ1) is 17.6. The number of carbonyl (C=O) groups is 1. The Bertz CT molecular complexity index is 695. The smallest absolute Gasteiger partial charge is 0.324 e. The summed E-state index contributed by atoms with van der Waals surface area (Å²) in [6.45, 7) is 1.57. The molecule has 5 nitrogen and oxygen atoms in total. The number of amides is 1. The van der Waals surface area contributed by atoms with E-state index in [1.807, 2.05) is 0 Å². The van der Waals surface area contributed by atoms with Crippen LogP contribution < -0.4 is 10.6 Å². The molecule has 0 unspecified atom stereocenters. The van der Waals surface area contributed by atoms with Crippen molar-refractivity contribution < 1.29 is 18.0 Å². The highest BCUT2D eigenvalue weighted by atomic mass is 35.5. The fourth-order valence-corrected chi connectivity index (χ4v) is 2.55. The van der Waals surface area contributed by atoms with Crippen LogP contribution in [0, 0.1) is 5.92 Å². The number of rotatable bonds is 2. The van der Waals surface area contributed by atoms with Gasteiger partial charge in [-0.1, -0.05) is 0 Å². The maximum atomic E-state index is 12.7. The van der Waals surface area contributed by atoms with Crippen LogP contribution in [0.5, 0.6) is 0 Å². The van der Waals surface area contributed by atoms with Crippen molar-refractivity contribution in [1.29, 1.82) is 0 Å². The lowest BCUT2D eigenvalue weighted by atomic mass is 9.97. The zero-order valence-electron chi connectivity index (χ0n) is 12.0. The zero-order chi connectivity index (χ0) is 15.7. The normalized spacial score (nSPS) is 16.1. The maximum absolute atomic E-state index is 12.7. The Morgan fingerprint density at radius 2 is 1.96 bits per heavy atom. The van der Waals surface area contributed by atoms with Gasteiger partial charge in [-0.2, -0.15) is 13.2 Å². The Balaban J connectivity index is 0.00000192. The van der Waals surface area contributed by atoms with Gasteiger partial charge in [-0.3, -0.25) is 10.1 Å². The third kappa shape index (κ3) is 3.94. The molecule has 0 atom stereocenters. The molecule has 126 valence electrons. The second-order valence-corrected chi connectivity index (χ2v) is 5.33. The average Bonchev–Trinajstić information content (AvgIpc) is 2.88. The van der Waals surface area contributed by atoms with Crippen molar-refractivity contribution in [2.75, 3.05) is 18.4 Å². The number of aromatic nitrogens is 2. The van der Waals surface area contributed by atoms with Crippen molar-refractivity contribution in [3.63, 3.8) is 0 Å². The average molecular weight is 349 g/mol. The number of aromatic amines is 1. The van der Waals surface area contributed by atoms with Crippen molar-refractivity contribution in [1.82, 2.24) is 15.3 Å². The van der Waals surface area contributed by atoms with Gasteiger partial charge in [-0.05, 0) is 44.1 Å². The molecule has 0 saturated carbocycles. The standard InChI is InChI=1S/C14H15F3N4O.ClH/c15-14(16,17)9-1-2-10-11(7-9)20-13(19-10)21-12(22)8-3-5-18-6-4-8;/h1-2,7-8,18H,3-6H2,(H2,19,20,21,22);1H. The number of halogens is 4. The Hall–Kier alpha value is -1.80. The van der Waals surface area contributed by atoms with E-state index in [0.717, 1.165) is 38.1 Å². The van der Waals surface area contributed by atoms with E-state index in [4.69, 9.17) is 0 Å². The molecule has 1 aliphatic heterocycles. The molecule has 3 N–H and O–H groups in total. The third-order valence-electron chi connectivity index (χ3n) is 3.76. The van der Waals surface area contributed by atoms with Crippen LogP contribution in [0.1, 0.15) is 18.4 Å². The van der Waals surface area contributed by atoms with Gasteiger partial charge in [-0.25, -0.2) is 4.98 Å². The van der Waals surface area contributed by atoms with Gasteiger partial charge in [-0.15, -0.1) is 12.4 Å². The molecule has 23 heavy (non-hydrogen) atoms. The molecule has 0 radical (unpaired) electrons. The molecule has 1 fully saturated rings. The second-order valence-electron chi connectivity index (χ2n) is 5.33.